The third kappa shape index (κ3) is 5.92. The Hall–Kier alpha value is -2.66. The molecule has 0 aliphatic rings. The zero-order valence-corrected chi connectivity index (χ0v) is 13.6. The fraction of sp³-hybridized carbons (Fsp3) is 0.222. The molecule has 122 valence electrons. The van der Waals surface area contributed by atoms with E-state index >= 15 is 0 Å². The van der Waals surface area contributed by atoms with Gasteiger partial charge in [0.1, 0.15) is 0 Å². The van der Waals surface area contributed by atoms with E-state index in [4.69, 9.17) is 5.21 Å². The minimum atomic E-state index is -0.681. The number of aromatic nitrogens is 1. The molecule has 0 aromatic carbocycles. The SMILES string of the molecule is C/C=C\C=C/C(Cn1cccc(/C=C/C(=O)NO)c1=O)=C(C)C. The molecule has 1 amide bonds. The van der Waals surface area contributed by atoms with Gasteiger partial charge in [0.2, 0.25) is 0 Å². The Balaban J connectivity index is 3.10. The summed E-state index contributed by atoms with van der Waals surface area (Å²) in [5.41, 5.74) is 3.83. The molecule has 1 rings (SSSR count). The minimum Gasteiger partial charge on any atom is -0.311 e. The van der Waals surface area contributed by atoms with Crippen molar-refractivity contribution < 1.29 is 10.0 Å². The van der Waals surface area contributed by atoms with E-state index in [2.05, 4.69) is 0 Å². The minimum absolute atomic E-state index is 0.201. The van der Waals surface area contributed by atoms with Crippen LogP contribution in [0.15, 0.2) is 64.7 Å². The molecule has 1 aromatic heterocycles. The maximum atomic E-state index is 12.4. The van der Waals surface area contributed by atoms with Crippen LogP contribution in [0.3, 0.4) is 0 Å². The first kappa shape index (κ1) is 18.4. The molecular weight excluding hydrogens is 292 g/mol. The predicted octanol–water partition coefficient (Wildman–Crippen LogP) is 2.84. The Labute approximate surface area is 135 Å². The summed E-state index contributed by atoms with van der Waals surface area (Å²) < 4.78 is 1.58. The van der Waals surface area contributed by atoms with Crippen LogP contribution in [0.1, 0.15) is 26.3 Å². The van der Waals surface area contributed by atoms with Crippen LogP contribution < -0.4 is 11.0 Å². The molecule has 0 bridgehead atoms. The molecule has 0 unspecified atom stereocenters. The molecule has 1 aromatic rings. The zero-order chi connectivity index (χ0) is 17.2. The Kier molecular flexibility index (Phi) is 7.50. The van der Waals surface area contributed by atoms with Crippen LogP contribution in [-0.4, -0.2) is 15.7 Å². The van der Waals surface area contributed by atoms with Crippen molar-refractivity contribution in [3.8, 4) is 0 Å². The Morgan fingerprint density at radius 2 is 2.04 bits per heavy atom. The monoisotopic (exact) mass is 314 g/mol. The molecule has 0 saturated heterocycles. The number of amides is 1. The van der Waals surface area contributed by atoms with Gasteiger partial charge in [0.25, 0.3) is 11.5 Å². The summed E-state index contributed by atoms with van der Waals surface area (Å²) in [4.78, 5) is 23.4. The second-order valence-electron chi connectivity index (χ2n) is 5.12. The molecule has 5 heteroatoms. The van der Waals surface area contributed by atoms with Crippen LogP contribution >= 0.6 is 0 Å². The summed E-state index contributed by atoms with van der Waals surface area (Å²) in [6.45, 7) is 6.38. The molecule has 1 heterocycles. The third-order valence-corrected chi connectivity index (χ3v) is 3.16. The van der Waals surface area contributed by atoms with E-state index < -0.39 is 5.91 Å². The molecule has 0 saturated carbocycles. The largest absolute Gasteiger partial charge is 0.311 e. The molecule has 5 nitrogen and oxygen atoms in total. The molecule has 2 N–H and O–H groups in total. The van der Waals surface area contributed by atoms with Gasteiger partial charge in [0.05, 0.1) is 6.54 Å². The van der Waals surface area contributed by atoms with E-state index in [1.165, 1.54) is 11.6 Å². The van der Waals surface area contributed by atoms with E-state index in [9.17, 15) is 9.59 Å². The molecule has 0 atom stereocenters. The van der Waals surface area contributed by atoms with Gasteiger partial charge in [-0.2, -0.15) is 0 Å². The fourth-order valence-corrected chi connectivity index (χ4v) is 1.85. The van der Waals surface area contributed by atoms with E-state index in [0.717, 1.165) is 17.2 Å². The lowest BCUT2D eigenvalue weighted by atomic mass is 10.1. The van der Waals surface area contributed by atoms with Crippen molar-refractivity contribution in [1.82, 2.24) is 10.0 Å². The molecule has 0 aliphatic heterocycles. The number of hydrogen-bond acceptors (Lipinski definition) is 3. The lowest BCUT2D eigenvalue weighted by Gasteiger charge is -2.09. The van der Waals surface area contributed by atoms with E-state index in [0.29, 0.717) is 12.1 Å². The average molecular weight is 314 g/mol. The summed E-state index contributed by atoms with van der Waals surface area (Å²) in [6.07, 6.45) is 12.0. The number of allylic oxidation sites excluding steroid dienone is 6. The first-order valence-electron chi connectivity index (χ1n) is 7.27. The normalized spacial score (nSPS) is 11.5. The van der Waals surface area contributed by atoms with Gasteiger partial charge in [0.15, 0.2) is 0 Å². The van der Waals surface area contributed by atoms with Crippen LogP contribution in [-0.2, 0) is 11.3 Å². The average Bonchev–Trinajstić information content (AvgIpc) is 2.54. The number of hydrogen-bond donors (Lipinski definition) is 2. The molecular formula is C18H22N2O3. The lowest BCUT2D eigenvalue weighted by Crippen LogP contribution is -2.22. The zero-order valence-electron chi connectivity index (χ0n) is 13.6. The van der Waals surface area contributed by atoms with Gasteiger partial charge in [-0.1, -0.05) is 29.9 Å². The van der Waals surface area contributed by atoms with Gasteiger partial charge in [-0.25, -0.2) is 5.48 Å². The van der Waals surface area contributed by atoms with Crippen LogP contribution in [0.4, 0.5) is 0 Å². The second-order valence-corrected chi connectivity index (χ2v) is 5.12. The van der Waals surface area contributed by atoms with Gasteiger partial charge in [0, 0.05) is 17.8 Å². The smallest absolute Gasteiger partial charge is 0.267 e. The summed E-state index contributed by atoms with van der Waals surface area (Å²) >= 11 is 0. The van der Waals surface area contributed by atoms with Crippen LogP contribution in [0.2, 0.25) is 0 Å². The standard InChI is InChI=1S/C18H22N2O3/c1-4-5-6-8-16(14(2)3)13-20-12-7-9-15(18(20)22)10-11-17(21)19-23/h4-12,23H,13H2,1-3H3,(H,19,21)/b5-4-,8-6-,11-10+. The van der Waals surface area contributed by atoms with Crippen molar-refractivity contribution in [3.05, 3.63) is 75.8 Å². The number of pyridine rings is 1. The van der Waals surface area contributed by atoms with Gasteiger partial charge >= 0.3 is 0 Å². The van der Waals surface area contributed by atoms with Crippen molar-refractivity contribution in [1.29, 1.82) is 0 Å². The predicted molar refractivity (Wildman–Crippen MR) is 92.0 cm³/mol. The highest BCUT2D eigenvalue weighted by Gasteiger charge is 2.03. The molecule has 0 spiro atoms. The van der Waals surface area contributed by atoms with Crippen molar-refractivity contribution in [2.24, 2.45) is 0 Å². The first-order chi connectivity index (χ1) is 11.0. The van der Waals surface area contributed by atoms with Crippen molar-refractivity contribution in [2.75, 3.05) is 0 Å². The van der Waals surface area contributed by atoms with Crippen molar-refractivity contribution in [3.63, 3.8) is 0 Å². The number of carbonyl (C=O) groups is 1. The maximum Gasteiger partial charge on any atom is 0.267 e. The molecule has 23 heavy (non-hydrogen) atoms. The van der Waals surface area contributed by atoms with Gasteiger partial charge in [-0.15, -0.1) is 0 Å². The highest BCUT2D eigenvalue weighted by molar-refractivity contribution is 5.90. The Morgan fingerprint density at radius 3 is 2.65 bits per heavy atom. The third-order valence-electron chi connectivity index (χ3n) is 3.16. The Morgan fingerprint density at radius 1 is 1.30 bits per heavy atom. The number of rotatable bonds is 6. The summed E-state index contributed by atoms with van der Waals surface area (Å²) in [7, 11) is 0. The van der Waals surface area contributed by atoms with Gasteiger partial charge in [-0.3, -0.25) is 14.8 Å². The number of nitrogens with zero attached hydrogens (tertiary/aromatic N) is 1. The lowest BCUT2D eigenvalue weighted by molar-refractivity contribution is -0.124. The molecule has 0 fully saturated rings. The number of hydroxylamine groups is 1. The van der Waals surface area contributed by atoms with Crippen LogP contribution in [0.5, 0.6) is 0 Å². The van der Waals surface area contributed by atoms with Crippen LogP contribution in [0.25, 0.3) is 6.08 Å². The van der Waals surface area contributed by atoms with Crippen molar-refractivity contribution in [2.45, 2.75) is 27.3 Å². The van der Waals surface area contributed by atoms with E-state index in [1.807, 2.05) is 45.1 Å². The first-order valence-corrected chi connectivity index (χ1v) is 7.27. The highest BCUT2D eigenvalue weighted by Crippen LogP contribution is 2.08. The molecule has 0 aliphatic carbocycles. The number of carbonyl (C=O) groups excluding carboxylic acids is 1. The summed E-state index contributed by atoms with van der Waals surface area (Å²) in [5, 5.41) is 8.47. The van der Waals surface area contributed by atoms with Crippen LogP contribution in [0, 0.1) is 0 Å². The van der Waals surface area contributed by atoms with E-state index in [-0.39, 0.29) is 5.56 Å². The van der Waals surface area contributed by atoms with Gasteiger partial charge < -0.3 is 4.57 Å². The number of nitrogens with one attached hydrogen (secondary N) is 1. The molecule has 0 radical (unpaired) electrons. The topological polar surface area (TPSA) is 71.3 Å². The Bertz CT molecular complexity index is 718. The van der Waals surface area contributed by atoms with Gasteiger partial charge in [-0.05, 0) is 44.6 Å². The maximum absolute atomic E-state index is 12.4. The summed E-state index contributed by atoms with van der Waals surface area (Å²) in [6, 6.07) is 3.37. The quantitative estimate of drug-likeness (QED) is 0.367. The fourth-order valence-electron chi connectivity index (χ4n) is 1.85. The second kappa shape index (κ2) is 9.38. The highest BCUT2D eigenvalue weighted by atomic mass is 16.5. The summed E-state index contributed by atoms with van der Waals surface area (Å²) in [5.74, 6) is -0.681. The van der Waals surface area contributed by atoms with E-state index in [1.54, 1.807) is 22.9 Å². The van der Waals surface area contributed by atoms with Crippen molar-refractivity contribution >= 4 is 12.0 Å².